The molecule has 1 aromatic heterocycles. The molecule has 116 valence electrons. The minimum atomic E-state index is 0.0952. The van der Waals surface area contributed by atoms with E-state index in [1.54, 1.807) is 0 Å². The molecule has 0 unspecified atom stereocenters. The van der Waals surface area contributed by atoms with Gasteiger partial charge in [-0.3, -0.25) is 9.88 Å². The molecule has 0 spiro atoms. The lowest BCUT2D eigenvalue weighted by atomic mass is 10.0. The van der Waals surface area contributed by atoms with Crippen molar-refractivity contribution in [2.45, 2.75) is 25.0 Å². The third-order valence-corrected chi connectivity index (χ3v) is 4.42. The van der Waals surface area contributed by atoms with Gasteiger partial charge < -0.3 is 14.4 Å². The molecule has 1 atom stereocenters. The summed E-state index contributed by atoms with van der Waals surface area (Å²) in [6, 6.07) is 4.85. The lowest BCUT2D eigenvalue weighted by molar-refractivity contribution is -0.0647. The summed E-state index contributed by atoms with van der Waals surface area (Å²) in [5.41, 5.74) is 2.16. The van der Waals surface area contributed by atoms with Crippen LogP contribution in [-0.4, -0.2) is 62.9 Å². The Bertz CT molecular complexity index is 443. The Morgan fingerprint density at radius 3 is 2.67 bits per heavy atom. The van der Waals surface area contributed by atoms with Crippen molar-refractivity contribution in [1.29, 1.82) is 0 Å². The van der Waals surface area contributed by atoms with Gasteiger partial charge in [-0.2, -0.15) is 0 Å². The van der Waals surface area contributed by atoms with Crippen LogP contribution < -0.4 is 4.90 Å². The minimum absolute atomic E-state index is 0.0952. The number of aromatic nitrogens is 1. The van der Waals surface area contributed by atoms with Crippen molar-refractivity contribution in [3.05, 3.63) is 24.0 Å². The van der Waals surface area contributed by atoms with Gasteiger partial charge in [-0.1, -0.05) is 0 Å². The van der Waals surface area contributed by atoms with Crippen LogP contribution in [0.3, 0.4) is 0 Å². The Morgan fingerprint density at radius 1 is 1.19 bits per heavy atom. The average Bonchev–Trinajstić information content (AvgIpc) is 2.56. The summed E-state index contributed by atoms with van der Waals surface area (Å²) in [5.74, 6) is 0. The molecule has 2 aliphatic heterocycles. The molecule has 0 amide bonds. The van der Waals surface area contributed by atoms with E-state index in [4.69, 9.17) is 9.47 Å². The number of pyridine rings is 1. The number of ether oxygens (including phenoxy) is 2. The molecule has 5 heteroatoms. The maximum atomic E-state index is 5.94. The number of nitrogens with zero attached hydrogens (tertiary/aromatic N) is 3. The zero-order valence-electron chi connectivity index (χ0n) is 13.0. The molecule has 0 radical (unpaired) electrons. The molecular formula is C16H25N3O2. The van der Waals surface area contributed by atoms with Crippen molar-refractivity contribution in [3.8, 4) is 0 Å². The van der Waals surface area contributed by atoms with E-state index in [-0.39, 0.29) is 6.10 Å². The molecule has 0 aliphatic carbocycles. The molecule has 2 fully saturated rings. The van der Waals surface area contributed by atoms with Gasteiger partial charge in [-0.25, -0.2) is 0 Å². The number of morpholine rings is 1. The van der Waals surface area contributed by atoms with Gasteiger partial charge in [0.05, 0.1) is 24.2 Å². The lowest BCUT2D eigenvalue weighted by Gasteiger charge is -2.39. The maximum absolute atomic E-state index is 5.94. The fourth-order valence-corrected chi connectivity index (χ4v) is 3.08. The summed E-state index contributed by atoms with van der Waals surface area (Å²) in [6.07, 6.45) is 4.30. The molecule has 0 N–H and O–H groups in total. The Labute approximate surface area is 126 Å². The average molecular weight is 291 g/mol. The van der Waals surface area contributed by atoms with E-state index in [1.807, 2.05) is 20.3 Å². The van der Waals surface area contributed by atoms with Gasteiger partial charge in [0.1, 0.15) is 6.10 Å². The fourth-order valence-electron chi connectivity index (χ4n) is 3.08. The second kappa shape index (κ2) is 6.73. The molecule has 3 heterocycles. The van der Waals surface area contributed by atoms with Crippen molar-refractivity contribution in [2.24, 2.45) is 0 Å². The van der Waals surface area contributed by atoms with Crippen LogP contribution in [0.5, 0.6) is 0 Å². The summed E-state index contributed by atoms with van der Waals surface area (Å²) in [7, 11) is 4.06. The smallest absolute Gasteiger partial charge is 0.112 e. The Balaban J connectivity index is 1.64. The number of hydrogen-bond acceptors (Lipinski definition) is 5. The van der Waals surface area contributed by atoms with E-state index >= 15 is 0 Å². The summed E-state index contributed by atoms with van der Waals surface area (Å²) in [6.45, 7) is 4.54. The zero-order valence-corrected chi connectivity index (χ0v) is 13.0. The van der Waals surface area contributed by atoms with Crippen molar-refractivity contribution >= 4 is 5.69 Å². The quantitative estimate of drug-likeness (QED) is 0.847. The number of hydrogen-bond donors (Lipinski definition) is 0. The first-order chi connectivity index (χ1) is 10.2. The lowest BCUT2D eigenvalue weighted by Crippen LogP contribution is -2.47. The molecular weight excluding hydrogens is 266 g/mol. The Hall–Kier alpha value is -1.17. The molecule has 0 saturated carbocycles. The first-order valence-electron chi connectivity index (χ1n) is 7.81. The standard InChI is InChI=1S/C16H25N3O2/c1-18(2)14-3-4-15(17-11-14)16-12-19(7-10-21-16)13-5-8-20-9-6-13/h3-4,11,13,16H,5-10,12H2,1-2H3/t16-/m1/s1. The van der Waals surface area contributed by atoms with Gasteiger partial charge in [-0.05, 0) is 25.0 Å². The monoisotopic (exact) mass is 291 g/mol. The van der Waals surface area contributed by atoms with Gasteiger partial charge in [0, 0.05) is 46.4 Å². The normalized spacial score (nSPS) is 25.0. The van der Waals surface area contributed by atoms with E-state index in [1.165, 1.54) is 0 Å². The number of anilines is 1. The second-order valence-corrected chi connectivity index (χ2v) is 6.03. The van der Waals surface area contributed by atoms with E-state index < -0.39 is 0 Å². The summed E-state index contributed by atoms with van der Waals surface area (Å²) in [5, 5.41) is 0. The van der Waals surface area contributed by atoms with Crippen LogP contribution in [0.2, 0.25) is 0 Å². The first-order valence-corrected chi connectivity index (χ1v) is 7.81. The second-order valence-electron chi connectivity index (χ2n) is 6.03. The largest absolute Gasteiger partial charge is 0.381 e. The predicted molar refractivity (Wildman–Crippen MR) is 82.7 cm³/mol. The van der Waals surface area contributed by atoms with Crippen molar-refractivity contribution in [1.82, 2.24) is 9.88 Å². The fraction of sp³-hybridized carbons (Fsp3) is 0.688. The highest BCUT2D eigenvalue weighted by Crippen LogP contribution is 2.25. The van der Waals surface area contributed by atoms with Crippen molar-refractivity contribution in [2.75, 3.05) is 51.9 Å². The van der Waals surface area contributed by atoms with Crippen molar-refractivity contribution < 1.29 is 9.47 Å². The van der Waals surface area contributed by atoms with Crippen LogP contribution in [0.4, 0.5) is 5.69 Å². The van der Waals surface area contributed by atoms with Gasteiger partial charge in [-0.15, -0.1) is 0 Å². The van der Waals surface area contributed by atoms with Crippen LogP contribution in [0, 0.1) is 0 Å². The van der Waals surface area contributed by atoms with Gasteiger partial charge in [0.2, 0.25) is 0 Å². The Morgan fingerprint density at radius 2 is 2.00 bits per heavy atom. The van der Waals surface area contributed by atoms with E-state index in [9.17, 15) is 0 Å². The highest BCUT2D eigenvalue weighted by Gasteiger charge is 2.29. The van der Waals surface area contributed by atoms with Crippen molar-refractivity contribution in [3.63, 3.8) is 0 Å². The maximum Gasteiger partial charge on any atom is 0.112 e. The van der Waals surface area contributed by atoms with Crippen LogP contribution in [-0.2, 0) is 9.47 Å². The van der Waals surface area contributed by atoms with Gasteiger partial charge in [0.25, 0.3) is 0 Å². The topological polar surface area (TPSA) is 37.8 Å². The van der Waals surface area contributed by atoms with Crippen LogP contribution >= 0.6 is 0 Å². The van der Waals surface area contributed by atoms with Crippen LogP contribution in [0.15, 0.2) is 18.3 Å². The minimum Gasteiger partial charge on any atom is -0.381 e. The van der Waals surface area contributed by atoms with Gasteiger partial charge >= 0.3 is 0 Å². The molecule has 0 bridgehead atoms. The SMILES string of the molecule is CN(C)c1ccc([C@H]2CN(C3CCOCC3)CCO2)nc1. The predicted octanol–water partition coefficient (Wildman–Crippen LogP) is 1.70. The molecule has 5 nitrogen and oxygen atoms in total. The summed E-state index contributed by atoms with van der Waals surface area (Å²) >= 11 is 0. The molecule has 2 aliphatic rings. The van der Waals surface area contributed by atoms with Crippen LogP contribution in [0.25, 0.3) is 0 Å². The third kappa shape index (κ3) is 3.54. The summed E-state index contributed by atoms with van der Waals surface area (Å²) < 4.78 is 11.4. The number of rotatable bonds is 3. The van der Waals surface area contributed by atoms with Crippen LogP contribution in [0.1, 0.15) is 24.6 Å². The molecule has 2 saturated heterocycles. The highest BCUT2D eigenvalue weighted by atomic mass is 16.5. The van der Waals surface area contributed by atoms with E-state index in [0.717, 1.165) is 57.1 Å². The van der Waals surface area contributed by atoms with Gasteiger partial charge in [0.15, 0.2) is 0 Å². The molecule has 3 rings (SSSR count). The molecule has 21 heavy (non-hydrogen) atoms. The molecule has 1 aromatic rings. The first kappa shape index (κ1) is 14.8. The third-order valence-electron chi connectivity index (χ3n) is 4.42. The molecule has 0 aromatic carbocycles. The zero-order chi connectivity index (χ0) is 14.7. The summed E-state index contributed by atoms with van der Waals surface area (Å²) in [4.78, 5) is 9.20. The van der Waals surface area contributed by atoms with E-state index in [2.05, 4.69) is 26.9 Å². The highest BCUT2D eigenvalue weighted by molar-refractivity contribution is 5.42. The van der Waals surface area contributed by atoms with E-state index in [0.29, 0.717) is 6.04 Å². The Kier molecular flexibility index (Phi) is 4.73.